The number of aromatic amines is 1. The van der Waals surface area contributed by atoms with Gasteiger partial charge in [-0.15, -0.1) is 11.3 Å². The van der Waals surface area contributed by atoms with Crippen LogP contribution in [-0.4, -0.2) is 64.4 Å². The van der Waals surface area contributed by atoms with E-state index in [1.807, 2.05) is 25.3 Å². The van der Waals surface area contributed by atoms with E-state index < -0.39 is 0 Å². The number of carbonyl (C=O) groups is 1. The van der Waals surface area contributed by atoms with Crippen LogP contribution in [0, 0.1) is 0 Å². The Labute approximate surface area is 204 Å². The fourth-order valence-corrected chi connectivity index (χ4v) is 5.42. The fraction of sp³-hybridized carbons (Fsp3) is 0.333. The third-order valence-corrected chi connectivity index (χ3v) is 7.60. The van der Waals surface area contributed by atoms with Gasteiger partial charge in [-0.1, -0.05) is 48.5 Å². The summed E-state index contributed by atoms with van der Waals surface area (Å²) in [7, 11) is 0. The van der Waals surface area contributed by atoms with Gasteiger partial charge < -0.3 is 10.3 Å². The lowest BCUT2D eigenvalue weighted by molar-refractivity contribution is -0.126. The summed E-state index contributed by atoms with van der Waals surface area (Å²) in [6.07, 6.45) is 2.87. The molecule has 0 spiro atoms. The molecule has 2 aromatic carbocycles. The van der Waals surface area contributed by atoms with Crippen LogP contribution >= 0.6 is 11.3 Å². The first-order valence-electron chi connectivity index (χ1n) is 12.0. The van der Waals surface area contributed by atoms with Crippen LogP contribution < -0.4 is 5.32 Å². The van der Waals surface area contributed by atoms with Crippen molar-refractivity contribution in [1.29, 1.82) is 0 Å². The third-order valence-electron chi connectivity index (χ3n) is 6.66. The predicted octanol–water partition coefficient (Wildman–Crippen LogP) is 4.16. The number of H-pyrrole nitrogens is 1. The second-order valence-corrected chi connectivity index (χ2v) is 9.76. The molecule has 5 rings (SSSR count). The largest absolute Gasteiger partial charge is 0.361 e. The lowest BCUT2D eigenvalue weighted by atomic mass is 10.1. The number of hydrogen-bond acceptors (Lipinski definition) is 5. The Kier molecular flexibility index (Phi) is 7.04. The molecule has 1 unspecified atom stereocenters. The fourth-order valence-electron chi connectivity index (χ4n) is 4.60. The molecule has 1 saturated heterocycles. The molecule has 0 aliphatic carbocycles. The maximum atomic E-state index is 12.8. The average molecular weight is 474 g/mol. The molecule has 1 atom stereocenters. The Morgan fingerprint density at radius 2 is 1.85 bits per heavy atom. The second kappa shape index (κ2) is 10.5. The molecule has 1 aliphatic rings. The molecule has 2 N–H and O–H groups in total. The van der Waals surface area contributed by atoms with E-state index in [1.54, 1.807) is 11.3 Å². The van der Waals surface area contributed by atoms with Crippen molar-refractivity contribution in [1.82, 2.24) is 25.1 Å². The van der Waals surface area contributed by atoms with Gasteiger partial charge in [0.1, 0.15) is 5.01 Å². The molecule has 1 amide bonds. The van der Waals surface area contributed by atoms with E-state index in [0.717, 1.165) is 55.4 Å². The van der Waals surface area contributed by atoms with Gasteiger partial charge in [0.05, 0.1) is 11.7 Å². The SMILES string of the molecule is CC(C(=O)NCCc1c[nH]c2ccccc12)N1CCN(Cc2csc(-c3ccccc3)n2)CC1. The van der Waals surface area contributed by atoms with Gasteiger partial charge in [-0.2, -0.15) is 0 Å². The van der Waals surface area contributed by atoms with Gasteiger partial charge in [0, 0.05) is 67.3 Å². The number of rotatable bonds is 8. The van der Waals surface area contributed by atoms with Crippen LogP contribution in [0.4, 0.5) is 0 Å². The van der Waals surface area contributed by atoms with Gasteiger partial charge in [-0.25, -0.2) is 4.98 Å². The van der Waals surface area contributed by atoms with Crippen molar-refractivity contribution in [3.63, 3.8) is 0 Å². The minimum Gasteiger partial charge on any atom is -0.361 e. The van der Waals surface area contributed by atoms with E-state index in [1.165, 1.54) is 16.5 Å². The summed E-state index contributed by atoms with van der Waals surface area (Å²) in [6, 6.07) is 18.5. The number of piperazine rings is 1. The Bertz CT molecular complexity index is 1230. The first-order chi connectivity index (χ1) is 16.7. The van der Waals surface area contributed by atoms with Crippen molar-refractivity contribution in [3.8, 4) is 10.6 Å². The number of nitrogens with zero attached hydrogens (tertiary/aromatic N) is 3. The lowest BCUT2D eigenvalue weighted by Crippen LogP contribution is -2.53. The van der Waals surface area contributed by atoms with E-state index in [-0.39, 0.29) is 11.9 Å². The van der Waals surface area contributed by atoms with Crippen LogP contribution in [-0.2, 0) is 17.8 Å². The van der Waals surface area contributed by atoms with Crippen molar-refractivity contribution < 1.29 is 4.79 Å². The quantitative estimate of drug-likeness (QED) is 0.403. The summed E-state index contributed by atoms with van der Waals surface area (Å²) in [6.45, 7) is 7.22. The normalized spacial score (nSPS) is 16.0. The molecule has 2 aromatic heterocycles. The van der Waals surface area contributed by atoms with Crippen LogP contribution in [0.5, 0.6) is 0 Å². The second-order valence-electron chi connectivity index (χ2n) is 8.90. The minimum atomic E-state index is -0.117. The van der Waals surface area contributed by atoms with E-state index in [0.29, 0.717) is 6.54 Å². The molecule has 7 heteroatoms. The number of nitrogens with one attached hydrogen (secondary N) is 2. The van der Waals surface area contributed by atoms with Crippen LogP contribution in [0.1, 0.15) is 18.2 Å². The first kappa shape index (κ1) is 22.8. The number of thiazole rings is 1. The highest BCUT2D eigenvalue weighted by Gasteiger charge is 2.25. The zero-order valence-electron chi connectivity index (χ0n) is 19.5. The molecule has 1 fully saturated rings. The molecular weight excluding hydrogens is 442 g/mol. The minimum absolute atomic E-state index is 0.111. The molecule has 176 valence electrons. The van der Waals surface area contributed by atoms with Crippen LogP contribution in [0.15, 0.2) is 66.2 Å². The zero-order chi connectivity index (χ0) is 23.3. The number of fused-ring (bicyclic) bond motifs is 1. The molecule has 1 aliphatic heterocycles. The number of para-hydroxylation sites is 1. The number of benzene rings is 2. The van der Waals surface area contributed by atoms with E-state index >= 15 is 0 Å². The van der Waals surface area contributed by atoms with Gasteiger partial charge in [0.15, 0.2) is 0 Å². The number of aromatic nitrogens is 2. The summed E-state index contributed by atoms with van der Waals surface area (Å²) in [5.74, 6) is 0.111. The van der Waals surface area contributed by atoms with Gasteiger partial charge in [0.25, 0.3) is 0 Å². The Morgan fingerprint density at radius 3 is 2.68 bits per heavy atom. The topological polar surface area (TPSA) is 64.3 Å². The Balaban J connectivity index is 1.06. The summed E-state index contributed by atoms with van der Waals surface area (Å²) >= 11 is 1.70. The standard InChI is InChI=1S/C27H31N5OS/c1-20(26(33)28-12-11-22-17-29-25-10-6-5-9-24(22)25)32-15-13-31(14-16-32)18-23-19-34-27(30-23)21-7-3-2-4-8-21/h2-10,17,19-20,29H,11-16,18H2,1H3,(H,28,33). The molecule has 34 heavy (non-hydrogen) atoms. The summed E-state index contributed by atoms with van der Waals surface area (Å²) < 4.78 is 0. The Hall–Kier alpha value is -3.00. The van der Waals surface area contributed by atoms with Crippen molar-refractivity contribution in [2.24, 2.45) is 0 Å². The smallest absolute Gasteiger partial charge is 0.237 e. The maximum absolute atomic E-state index is 12.8. The van der Waals surface area contributed by atoms with Gasteiger partial charge >= 0.3 is 0 Å². The van der Waals surface area contributed by atoms with Gasteiger partial charge in [-0.3, -0.25) is 14.6 Å². The summed E-state index contributed by atoms with van der Waals surface area (Å²) in [5, 5.41) is 7.61. The molecule has 4 aromatic rings. The molecule has 3 heterocycles. The highest BCUT2D eigenvalue weighted by molar-refractivity contribution is 7.13. The van der Waals surface area contributed by atoms with Crippen LogP contribution in [0.2, 0.25) is 0 Å². The van der Waals surface area contributed by atoms with Crippen LogP contribution in [0.25, 0.3) is 21.5 Å². The monoisotopic (exact) mass is 473 g/mol. The summed E-state index contributed by atoms with van der Waals surface area (Å²) in [5.41, 5.74) is 4.69. The predicted molar refractivity (Wildman–Crippen MR) is 139 cm³/mol. The van der Waals surface area contributed by atoms with Crippen molar-refractivity contribution in [2.45, 2.75) is 25.9 Å². The molecule has 0 bridgehead atoms. The zero-order valence-corrected chi connectivity index (χ0v) is 20.4. The lowest BCUT2D eigenvalue weighted by Gasteiger charge is -2.37. The van der Waals surface area contributed by atoms with Crippen molar-refractivity contribution in [2.75, 3.05) is 32.7 Å². The van der Waals surface area contributed by atoms with Crippen LogP contribution in [0.3, 0.4) is 0 Å². The number of carbonyl (C=O) groups excluding carboxylic acids is 1. The number of amides is 1. The van der Waals surface area contributed by atoms with E-state index in [9.17, 15) is 4.79 Å². The summed E-state index contributed by atoms with van der Waals surface area (Å²) in [4.78, 5) is 25.6. The van der Waals surface area contributed by atoms with Crippen molar-refractivity contribution in [3.05, 3.63) is 77.4 Å². The average Bonchev–Trinajstić information content (AvgIpc) is 3.52. The maximum Gasteiger partial charge on any atom is 0.237 e. The molecular formula is C27H31N5OS. The molecule has 0 radical (unpaired) electrons. The van der Waals surface area contributed by atoms with Gasteiger partial charge in [0.2, 0.25) is 5.91 Å². The highest BCUT2D eigenvalue weighted by Crippen LogP contribution is 2.24. The van der Waals surface area contributed by atoms with Gasteiger partial charge in [-0.05, 0) is 25.0 Å². The number of hydrogen-bond donors (Lipinski definition) is 2. The van der Waals surface area contributed by atoms with E-state index in [4.69, 9.17) is 4.98 Å². The third kappa shape index (κ3) is 5.22. The highest BCUT2D eigenvalue weighted by atomic mass is 32.1. The van der Waals surface area contributed by atoms with E-state index in [2.05, 4.69) is 67.9 Å². The molecule has 6 nitrogen and oxygen atoms in total. The first-order valence-corrected chi connectivity index (χ1v) is 12.8. The van der Waals surface area contributed by atoms with Crippen molar-refractivity contribution >= 4 is 28.1 Å². The Morgan fingerprint density at radius 1 is 1.09 bits per heavy atom. The molecule has 0 saturated carbocycles.